The maximum Gasteiger partial charge on any atom is 0.321 e. The third kappa shape index (κ3) is 5.17. The molecule has 0 aliphatic carbocycles. The number of nitrogens with zero attached hydrogens (tertiary/aromatic N) is 1. The number of amides is 4. The van der Waals surface area contributed by atoms with E-state index in [-0.39, 0.29) is 19.0 Å². The van der Waals surface area contributed by atoms with Crippen LogP contribution in [0.2, 0.25) is 0 Å². The lowest BCUT2D eigenvalue weighted by Crippen LogP contribution is -2.65. The normalized spacial score (nSPS) is 25.3. The van der Waals surface area contributed by atoms with Gasteiger partial charge < -0.3 is 10.6 Å². The minimum Gasteiger partial charge on any atom is -0.356 e. The molecule has 1 aromatic carbocycles. The lowest BCUT2D eigenvalue weighted by Gasteiger charge is -2.36. The van der Waals surface area contributed by atoms with E-state index < -0.39 is 39.2 Å². The topological polar surface area (TPSA) is 125 Å². The van der Waals surface area contributed by atoms with Crippen molar-refractivity contribution in [2.75, 3.05) is 19.6 Å². The van der Waals surface area contributed by atoms with Crippen molar-refractivity contribution in [3.63, 3.8) is 0 Å². The molecule has 2 aliphatic heterocycles. The summed E-state index contributed by atoms with van der Waals surface area (Å²) in [4.78, 5) is 36.1. The van der Waals surface area contributed by atoms with E-state index in [1.807, 2.05) is 35.6 Å². The first-order valence-electron chi connectivity index (χ1n) is 10.2. The first-order valence-corrected chi connectivity index (χ1v) is 11.7. The van der Waals surface area contributed by atoms with E-state index in [1.54, 1.807) is 0 Å². The van der Waals surface area contributed by atoms with Gasteiger partial charge in [0.05, 0.1) is 12.0 Å². The quantitative estimate of drug-likeness (QED) is 0.533. The number of carbonyl (C=O) groups excluding carboxylic acids is 3. The highest BCUT2D eigenvalue weighted by Crippen LogP contribution is 2.24. The van der Waals surface area contributed by atoms with Crippen LogP contribution in [0.3, 0.4) is 0 Å². The van der Waals surface area contributed by atoms with Crippen molar-refractivity contribution in [1.29, 1.82) is 0 Å². The monoisotopic (exact) mass is 436 g/mol. The number of sulfonamides is 1. The first-order chi connectivity index (χ1) is 14.3. The Kier molecular flexibility index (Phi) is 7.09. The van der Waals surface area contributed by atoms with Crippen LogP contribution in [0.15, 0.2) is 30.3 Å². The highest BCUT2D eigenvalue weighted by Gasteiger charge is 2.46. The van der Waals surface area contributed by atoms with E-state index in [9.17, 15) is 22.8 Å². The average molecular weight is 437 g/mol. The number of aryl methyl sites for hydroxylation is 1. The van der Waals surface area contributed by atoms with Gasteiger partial charge >= 0.3 is 6.03 Å². The van der Waals surface area contributed by atoms with E-state index >= 15 is 0 Å². The van der Waals surface area contributed by atoms with Crippen LogP contribution in [-0.2, 0) is 26.0 Å². The van der Waals surface area contributed by atoms with Crippen molar-refractivity contribution in [3.05, 3.63) is 35.9 Å². The number of nitrogens with one attached hydrogen (secondary N) is 3. The summed E-state index contributed by atoms with van der Waals surface area (Å²) in [7, 11) is -4.01. The van der Waals surface area contributed by atoms with Crippen LogP contribution in [0.4, 0.5) is 4.79 Å². The molecule has 0 radical (unpaired) electrons. The second kappa shape index (κ2) is 9.57. The van der Waals surface area contributed by atoms with Crippen LogP contribution in [0.5, 0.6) is 0 Å². The Morgan fingerprint density at radius 3 is 2.67 bits per heavy atom. The van der Waals surface area contributed by atoms with Gasteiger partial charge in [-0.2, -0.15) is 0 Å². The van der Waals surface area contributed by atoms with Gasteiger partial charge in [-0.25, -0.2) is 17.5 Å². The van der Waals surface area contributed by atoms with Gasteiger partial charge in [-0.3, -0.25) is 14.9 Å². The summed E-state index contributed by atoms with van der Waals surface area (Å²) in [5, 5.41) is 5.94. The molecule has 2 fully saturated rings. The Hall–Kier alpha value is -2.46. The predicted molar refractivity (Wildman–Crippen MR) is 111 cm³/mol. The number of hydrogen-bond acceptors (Lipinski definition) is 5. The standard InChI is InChI=1S/C20H28N4O5S/c1-14-17(19(26)23-20(27)22-14)30(28,29)24-12-6-10-16(13-24)18(25)21-11-5-9-15-7-3-2-4-8-15/h2-4,7-8,14,16-17H,5-6,9-13H2,1H3,(H,21,25)(H2,22,23,26,27). The summed E-state index contributed by atoms with van der Waals surface area (Å²) in [6.45, 7) is 2.30. The molecule has 30 heavy (non-hydrogen) atoms. The van der Waals surface area contributed by atoms with E-state index in [2.05, 4.69) is 10.6 Å². The van der Waals surface area contributed by atoms with Gasteiger partial charge in [0, 0.05) is 19.6 Å². The van der Waals surface area contributed by atoms with Gasteiger partial charge in [-0.05, 0) is 38.2 Å². The molecule has 3 unspecified atom stereocenters. The van der Waals surface area contributed by atoms with Crippen molar-refractivity contribution in [2.24, 2.45) is 5.92 Å². The minimum atomic E-state index is -4.01. The Balaban J connectivity index is 1.54. The van der Waals surface area contributed by atoms with E-state index in [0.717, 1.165) is 12.8 Å². The molecule has 3 rings (SSSR count). The highest BCUT2D eigenvalue weighted by atomic mass is 32.2. The van der Waals surface area contributed by atoms with Gasteiger partial charge in [-0.15, -0.1) is 0 Å². The Labute approximate surface area is 176 Å². The Morgan fingerprint density at radius 2 is 1.97 bits per heavy atom. The first kappa shape index (κ1) is 22.2. The molecule has 0 spiro atoms. The zero-order chi connectivity index (χ0) is 21.7. The molecule has 2 heterocycles. The molecule has 4 amide bonds. The van der Waals surface area contributed by atoms with Crippen molar-refractivity contribution in [1.82, 2.24) is 20.3 Å². The van der Waals surface area contributed by atoms with Gasteiger partial charge in [0.2, 0.25) is 21.8 Å². The molecular formula is C20H28N4O5S. The SMILES string of the molecule is CC1NC(=O)NC(=O)C1S(=O)(=O)N1CCCC(C(=O)NCCCc2ccccc2)C1. The number of benzene rings is 1. The molecular weight excluding hydrogens is 408 g/mol. The average Bonchev–Trinajstić information content (AvgIpc) is 2.71. The number of urea groups is 1. The van der Waals surface area contributed by atoms with Gasteiger partial charge in [0.25, 0.3) is 0 Å². The fraction of sp³-hybridized carbons (Fsp3) is 0.550. The lowest BCUT2D eigenvalue weighted by atomic mass is 9.99. The molecule has 10 heteroatoms. The zero-order valence-corrected chi connectivity index (χ0v) is 17.8. The third-order valence-electron chi connectivity index (χ3n) is 5.53. The summed E-state index contributed by atoms with van der Waals surface area (Å²) >= 11 is 0. The molecule has 0 aromatic heterocycles. The molecule has 3 N–H and O–H groups in total. The summed E-state index contributed by atoms with van der Waals surface area (Å²) in [5.74, 6) is -1.46. The molecule has 2 saturated heterocycles. The molecule has 0 bridgehead atoms. The van der Waals surface area contributed by atoms with Gasteiger partial charge in [0.1, 0.15) is 0 Å². The number of hydrogen-bond donors (Lipinski definition) is 3. The summed E-state index contributed by atoms with van der Waals surface area (Å²) < 4.78 is 27.3. The van der Waals surface area contributed by atoms with Gasteiger partial charge in [0.15, 0.2) is 5.25 Å². The smallest absolute Gasteiger partial charge is 0.321 e. The highest BCUT2D eigenvalue weighted by molar-refractivity contribution is 7.90. The molecule has 9 nitrogen and oxygen atoms in total. The summed E-state index contributed by atoms with van der Waals surface area (Å²) in [6.07, 6.45) is 2.78. The molecule has 0 saturated carbocycles. The second-order valence-electron chi connectivity index (χ2n) is 7.79. The van der Waals surface area contributed by atoms with Gasteiger partial charge in [-0.1, -0.05) is 30.3 Å². The zero-order valence-electron chi connectivity index (χ0n) is 17.0. The van der Waals surface area contributed by atoms with E-state index in [0.29, 0.717) is 19.4 Å². The van der Waals surface area contributed by atoms with Crippen molar-refractivity contribution in [3.8, 4) is 0 Å². The lowest BCUT2D eigenvalue weighted by molar-refractivity contribution is -0.126. The van der Waals surface area contributed by atoms with Crippen LogP contribution in [0, 0.1) is 5.92 Å². The summed E-state index contributed by atoms with van der Waals surface area (Å²) in [5.41, 5.74) is 1.20. The van der Waals surface area contributed by atoms with Crippen molar-refractivity contribution in [2.45, 2.75) is 43.9 Å². The largest absolute Gasteiger partial charge is 0.356 e. The van der Waals surface area contributed by atoms with E-state index in [4.69, 9.17) is 0 Å². The molecule has 164 valence electrons. The van der Waals surface area contributed by atoms with Crippen molar-refractivity contribution < 1.29 is 22.8 Å². The minimum absolute atomic E-state index is 0.0390. The number of imide groups is 1. The van der Waals surface area contributed by atoms with Crippen LogP contribution >= 0.6 is 0 Å². The van der Waals surface area contributed by atoms with E-state index in [1.165, 1.54) is 16.8 Å². The second-order valence-corrected chi connectivity index (χ2v) is 9.85. The Bertz CT molecular complexity index is 890. The number of piperidine rings is 1. The maximum absolute atomic E-state index is 13.0. The molecule has 2 aliphatic rings. The molecule has 1 aromatic rings. The predicted octanol–water partition coefficient (Wildman–Crippen LogP) is 0.374. The fourth-order valence-corrected chi connectivity index (χ4v) is 5.97. The summed E-state index contributed by atoms with van der Waals surface area (Å²) in [6, 6.07) is 8.44. The molecule has 3 atom stereocenters. The number of carbonyl (C=O) groups is 3. The van der Waals surface area contributed by atoms with Crippen LogP contribution in [0.25, 0.3) is 0 Å². The third-order valence-corrected chi connectivity index (χ3v) is 7.84. The maximum atomic E-state index is 13.0. The Morgan fingerprint density at radius 1 is 1.23 bits per heavy atom. The van der Waals surface area contributed by atoms with Crippen molar-refractivity contribution >= 4 is 27.9 Å². The van der Waals surface area contributed by atoms with Crippen LogP contribution in [0.1, 0.15) is 31.7 Å². The fourth-order valence-electron chi connectivity index (χ4n) is 3.96. The van der Waals surface area contributed by atoms with Crippen LogP contribution < -0.4 is 16.0 Å². The van der Waals surface area contributed by atoms with Crippen LogP contribution in [-0.4, -0.2) is 61.5 Å². The number of rotatable bonds is 7.